The van der Waals surface area contributed by atoms with Crippen LogP contribution >= 0.6 is 15.9 Å². The van der Waals surface area contributed by atoms with E-state index in [0.717, 1.165) is 10.9 Å². The van der Waals surface area contributed by atoms with Crippen molar-refractivity contribution >= 4 is 26.9 Å². The van der Waals surface area contributed by atoms with E-state index in [2.05, 4.69) is 15.9 Å². The molecular weight excluding hydrogens is 340 g/mol. The molecule has 1 aromatic heterocycles. The lowest BCUT2D eigenvalue weighted by molar-refractivity contribution is 0.486. The van der Waals surface area contributed by atoms with Crippen LogP contribution in [0, 0.1) is 18.6 Å². The summed E-state index contributed by atoms with van der Waals surface area (Å²) in [6, 6.07) is 8.85. The second-order valence-corrected chi connectivity index (χ2v) is 5.78. The monoisotopic (exact) mass is 351 g/mol. The van der Waals surface area contributed by atoms with Crippen LogP contribution in [-0.4, -0.2) is 0 Å². The fourth-order valence-electron chi connectivity index (χ4n) is 2.31. The van der Waals surface area contributed by atoms with Gasteiger partial charge in [0.25, 0.3) is 0 Å². The average Bonchev–Trinajstić information content (AvgIpc) is 2.86. The van der Waals surface area contributed by atoms with Gasteiger partial charge in [-0.15, -0.1) is 0 Å². The van der Waals surface area contributed by atoms with Gasteiger partial charge in [-0.3, -0.25) is 0 Å². The maximum atomic E-state index is 14.1. The molecule has 3 aromatic rings. The van der Waals surface area contributed by atoms with Crippen molar-refractivity contribution in [1.29, 1.82) is 0 Å². The molecule has 0 saturated heterocycles. The molecular formula is C16H12BrF2NO. The van der Waals surface area contributed by atoms with Gasteiger partial charge in [-0.2, -0.15) is 0 Å². The number of rotatable bonds is 2. The van der Waals surface area contributed by atoms with Gasteiger partial charge in [-0.25, -0.2) is 8.78 Å². The predicted molar refractivity (Wildman–Crippen MR) is 81.0 cm³/mol. The van der Waals surface area contributed by atoms with Gasteiger partial charge in [-0.1, -0.05) is 11.6 Å². The molecule has 1 atom stereocenters. The Hall–Kier alpha value is -1.72. The van der Waals surface area contributed by atoms with Gasteiger partial charge in [0.15, 0.2) is 0 Å². The van der Waals surface area contributed by atoms with Gasteiger partial charge >= 0.3 is 0 Å². The van der Waals surface area contributed by atoms with Crippen molar-refractivity contribution in [2.75, 3.05) is 0 Å². The standard InChI is InChI=1S/C16H12BrF2NO/c1-8-2-5-12-9(6-8)7-13(21-12)16(20)14-11(18)4-3-10(17)15(14)19/h2-7,16H,20H2,1H3. The minimum absolute atomic E-state index is 0.168. The van der Waals surface area contributed by atoms with E-state index in [-0.39, 0.29) is 10.0 Å². The number of furan rings is 1. The minimum Gasteiger partial charge on any atom is -0.459 e. The molecule has 0 fully saturated rings. The number of hydrogen-bond donors (Lipinski definition) is 1. The molecule has 0 spiro atoms. The zero-order valence-corrected chi connectivity index (χ0v) is 12.7. The number of halogens is 3. The van der Waals surface area contributed by atoms with Crippen LogP contribution in [0.3, 0.4) is 0 Å². The smallest absolute Gasteiger partial charge is 0.145 e. The van der Waals surface area contributed by atoms with Gasteiger partial charge in [0.2, 0.25) is 0 Å². The molecule has 2 N–H and O–H groups in total. The van der Waals surface area contributed by atoms with E-state index in [1.807, 2.05) is 25.1 Å². The van der Waals surface area contributed by atoms with Crippen molar-refractivity contribution in [2.24, 2.45) is 5.73 Å². The molecule has 108 valence electrons. The summed E-state index contributed by atoms with van der Waals surface area (Å²) in [5.41, 5.74) is 7.50. The van der Waals surface area contributed by atoms with Crippen LogP contribution in [0.15, 0.2) is 45.3 Å². The Labute approximate surface area is 128 Å². The van der Waals surface area contributed by atoms with Gasteiger partial charge in [0.1, 0.15) is 23.0 Å². The Kier molecular flexibility index (Phi) is 3.55. The molecule has 2 nitrogen and oxygen atoms in total. The normalized spacial score (nSPS) is 12.8. The van der Waals surface area contributed by atoms with E-state index in [0.29, 0.717) is 11.3 Å². The van der Waals surface area contributed by atoms with E-state index in [1.165, 1.54) is 12.1 Å². The van der Waals surface area contributed by atoms with E-state index in [4.69, 9.17) is 10.2 Å². The summed E-state index contributed by atoms with van der Waals surface area (Å²) >= 11 is 3.04. The van der Waals surface area contributed by atoms with Crippen LogP contribution < -0.4 is 5.73 Å². The molecule has 21 heavy (non-hydrogen) atoms. The predicted octanol–water partition coefficient (Wildman–Crippen LogP) is 4.83. The molecule has 0 aliphatic rings. The van der Waals surface area contributed by atoms with Crippen molar-refractivity contribution in [2.45, 2.75) is 13.0 Å². The van der Waals surface area contributed by atoms with Crippen molar-refractivity contribution in [3.05, 3.63) is 69.4 Å². The van der Waals surface area contributed by atoms with Gasteiger partial charge in [0.05, 0.1) is 10.5 Å². The highest BCUT2D eigenvalue weighted by Gasteiger charge is 2.23. The third kappa shape index (κ3) is 2.47. The quantitative estimate of drug-likeness (QED) is 0.671. The topological polar surface area (TPSA) is 39.2 Å². The summed E-state index contributed by atoms with van der Waals surface area (Å²) in [4.78, 5) is 0. The first-order chi connectivity index (χ1) is 9.97. The highest BCUT2D eigenvalue weighted by Crippen LogP contribution is 2.32. The largest absolute Gasteiger partial charge is 0.459 e. The summed E-state index contributed by atoms with van der Waals surface area (Å²) in [6.45, 7) is 1.96. The highest BCUT2D eigenvalue weighted by atomic mass is 79.9. The summed E-state index contributed by atoms with van der Waals surface area (Å²) in [5.74, 6) is -1.08. The Morgan fingerprint density at radius 2 is 1.90 bits per heavy atom. The number of nitrogens with two attached hydrogens (primary N) is 1. The molecule has 5 heteroatoms. The lowest BCUT2D eigenvalue weighted by Crippen LogP contribution is -2.15. The maximum Gasteiger partial charge on any atom is 0.145 e. The number of aryl methyl sites for hydroxylation is 1. The first-order valence-corrected chi connectivity index (χ1v) is 7.15. The van der Waals surface area contributed by atoms with Crippen molar-refractivity contribution in [3.63, 3.8) is 0 Å². The third-order valence-electron chi connectivity index (χ3n) is 3.39. The lowest BCUT2D eigenvalue weighted by Gasteiger charge is -2.12. The van der Waals surface area contributed by atoms with E-state index < -0.39 is 17.7 Å². The Bertz CT molecular complexity index is 829. The van der Waals surface area contributed by atoms with Crippen molar-refractivity contribution in [3.8, 4) is 0 Å². The Morgan fingerprint density at radius 1 is 1.14 bits per heavy atom. The minimum atomic E-state index is -1.00. The SMILES string of the molecule is Cc1ccc2oc(C(N)c3c(F)ccc(Br)c3F)cc2c1. The van der Waals surface area contributed by atoms with E-state index >= 15 is 0 Å². The lowest BCUT2D eigenvalue weighted by atomic mass is 10.0. The highest BCUT2D eigenvalue weighted by molar-refractivity contribution is 9.10. The molecule has 0 aliphatic carbocycles. The van der Waals surface area contributed by atoms with Gasteiger partial charge in [-0.05, 0) is 53.2 Å². The first-order valence-electron chi connectivity index (χ1n) is 6.36. The third-order valence-corrected chi connectivity index (χ3v) is 4.00. The first kappa shape index (κ1) is 14.2. The fraction of sp³-hybridized carbons (Fsp3) is 0.125. The van der Waals surface area contributed by atoms with Crippen molar-refractivity contribution in [1.82, 2.24) is 0 Å². The maximum absolute atomic E-state index is 14.1. The Balaban J connectivity index is 2.12. The van der Waals surface area contributed by atoms with Gasteiger partial charge in [0, 0.05) is 10.9 Å². The molecule has 1 unspecified atom stereocenters. The zero-order valence-electron chi connectivity index (χ0n) is 11.2. The molecule has 3 rings (SSSR count). The average molecular weight is 352 g/mol. The molecule has 0 saturated carbocycles. The number of fused-ring (bicyclic) bond motifs is 1. The molecule has 0 radical (unpaired) electrons. The summed E-state index contributed by atoms with van der Waals surface area (Å²) < 4.78 is 33.8. The zero-order chi connectivity index (χ0) is 15.1. The molecule has 2 aromatic carbocycles. The Morgan fingerprint density at radius 3 is 2.67 bits per heavy atom. The molecule has 0 aliphatic heterocycles. The summed E-state index contributed by atoms with van der Waals surface area (Å²) in [6.07, 6.45) is 0. The second-order valence-electron chi connectivity index (χ2n) is 4.92. The van der Waals surface area contributed by atoms with Crippen LogP contribution in [0.1, 0.15) is 22.9 Å². The van der Waals surface area contributed by atoms with Crippen LogP contribution in [-0.2, 0) is 0 Å². The van der Waals surface area contributed by atoms with Crippen LogP contribution in [0.2, 0.25) is 0 Å². The van der Waals surface area contributed by atoms with Crippen LogP contribution in [0.25, 0.3) is 11.0 Å². The van der Waals surface area contributed by atoms with Gasteiger partial charge < -0.3 is 10.2 Å². The molecule has 0 bridgehead atoms. The van der Waals surface area contributed by atoms with Crippen molar-refractivity contribution < 1.29 is 13.2 Å². The number of benzene rings is 2. The van der Waals surface area contributed by atoms with Crippen LogP contribution in [0.5, 0.6) is 0 Å². The molecule has 1 heterocycles. The molecule has 0 amide bonds. The summed E-state index contributed by atoms with van der Waals surface area (Å²) in [7, 11) is 0. The number of hydrogen-bond acceptors (Lipinski definition) is 2. The fourth-order valence-corrected chi connectivity index (χ4v) is 2.65. The van der Waals surface area contributed by atoms with E-state index in [9.17, 15) is 8.78 Å². The van der Waals surface area contributed by atoms with E-state index in [1.54, 1.807) is 6.07 Å². The second kappa shape index (κ2) is 5.24. The van der Waals surface area contributed by atoms with Crippen LogP contribution in [0.4, 0.5) is 8.78 Å². The summed E-state index contributed by atoms with van der Waals surface area (Å²) in [5, 5.41) is 0.858.